The van der Waals surface area contributed by atoms with Crippen LogP contribution in [-0.4, -0.2) is 29.8 Å². The number of hydrogen-bond donors (Lipinski definition) is 1. The molecule has 5 nitrogen and oxygen atoms in total. The standard InChI is InChI=1S/C25H23F4N3O2/c1-30-17-6-4-16(5-7-17)24-11-10-22(20(24)15-24)32(12-2-3-13-33)23(34)31-18-8-9-21(26)19(14-18)25(27,28)29/h4-9,13-14,20,22H,2-3,10-12,15H2,(H,31,34). The molecule has 4 rings (SSSR count). The molecule has 178 valence electrons. The number of rotatable bonds is 7. The summed E-state index contributed by atoms with van der Waals surface area (Å²) in [6, 6.07) is 9.13. The van der Waals surface area contributed by atoms with Crippen molar-refractivity contribution < 1.29 is 27.2 Å². The van der Waals surface area contributed by atoms with Gasteiger partial charge in [0.1, 0.15) is 12.1 Å². The number of carbonyl (C=O) groups excluding carboxylic acids is 2. The molecule has 1 N–H and O–H groups in total. The Balaban J connectivity index is 1.53. The highest BCUT2D eigenvalue weighted by molar-refractivity contribution is 5.89. The molecule has 9 heteroatoms. The minimum Gasteiger partial charge on any atom is -0.321 e. The van der Waals surface area contributed by atoms with E-state index in [1.807, 2.05) is 12.1 Å². The second-order valence-corrected chi connectivity index (χ2v) is 8.86. The predicted octanol–water partition coefficient (Wildman–Crippen LogP) is 6.33. The zero-order valence-corrected chi connectivity index (χ0v) is 18.2. The van der Waals surface area contributed by atoms with Crippen molar-refractivity contribution in [3.05, 3.63) is 70.8 Å². The van der Waals surface area contributed by atoms with Crippen molar-refractivity contribution in [1.82, 2.24) is 4.90 Å². The SMILES string of the molecule is [C-]#[N+]c1ccc(C23CCC(N(CCCC=O)C(=O)Nc4ccc(F)c(C(F)(F)F)c4)C2C3)cc1. The lowest BCUT2D eigenvalue weighted by Gasteiger charge is -2.30. The van der Waals surface area contributed by atoms with Gasteiger partial charge in [-0.1, -0.05) is 24.3 Å². The first-order valence-corrected chi connectivity index (χ1v) is 11.1. The predicted molar refractivity (Wildman–Crippen MR) is 118 cm³/mol. The lowest BCUT2D eigenvalue weighted by molar-refractivity contribution is -0.139. The van der Waals surface area contributed by atoms with Crippen LogP contribution in [0, 0.1) is 18.3 Å². The van der Waals surface area contributed by atoms with Gasteiger partial charge in [-0.2, -0.15) is 13.2 Å². The van der Waals surface area contributed by atoms with E-state index in [2.05, 4.69) is 10.2 Å². The molecule has 0 bridgehead atoms. The summed E-state index contributed by atoms with van der Waals surface area (Å²) >= 11 is 0. The molecule has 0 aliphatic heterocycles. The minimum absolute atomic E-state index is 0.0757. The number of nitrogens with zero attached hydrogens (tertiary/aromatic N) is 2. The molecule has 3 atom stereocenters. The Labute approximate surface area is 194 Å². The van der Waals surface area contributed by atoms with Crippen molar-refractivity contribution >= 4 is 23.7 Å². The van der Waals surface area contributed by atoms with E-state index in [9.17, 15) is 27.2 Å². The van der Waals surface area contributed by atoms with Crippen LogP contribution in [0.15, 0.2) is 42.5 Å². The van der Waals surface area contributed by atoms with E-state index in [0.29, 0.717) is 24.2 Å². The summed E-state index contributed by atoms with van der Waals surface area (Å²) in [7, 11) is 0. The molecule has 0 heterocycles. The second-order valence-electron chi connectivity index (χ2n) is 8.86. The zero-order valence-electron chi connectivity index (χ0n) is 18.2. The van der Waals surface area contributed by atoms with Gasteiger partial charge in [-0.05, 0) is 55.4 Å². The Morgan fingerprint density at radius 3 is 2.59 bits per heavy atom. The normalized spacial score (nSPS) is 23.0. The fourth-order valence-corrected chi connectivity index (χ4v) is 5.23. The number of nitrogens with one attached hydrogen (secondary N) is 1. The van der Waals surface area contributed by atoms with Gasteiger partial charge in [-0.3, -0.25) is 0 Å². The molecule has 0 saturated heterocycles. The van der Waals surface area contributed by atoms with Gasteiger partial charge in [0.2, 0.25) is 0 Å². The van der Waals surface area contributed by atoms with Gasteiger partial charge in [-0.25, -0.2) is 14.0 Å². The topological polar surface area (TPSA) is 53.8 Å². The summed E-state index contributed by atoms with van der Waals surface area (Å²) in [5.41, 5.74) is 0.0123. The largest absolute Gasteiger partial charge is 0.419 e. The molecule has 2 amide bonds. The molecule has 2 aromatic carbocycles. The number of alkyl halides is 3. The second kappa shape index (κ2) is 9.09. The Morgan fingerprint density at radius 2 is 1.97 bits per heavy atom. The molecule has 34 heavy (non-hydrogen) atoms. The van der Waals surface area contributed by atoms with Gasteiger partial charge < -0.3 is 15.0 Å². The van der Waals surface area contributed by atoms with Gasteiger partial charge in [0.15, 0.2) is 5.69 Å². The average molecular weight is 473 g/mol. The average Bonchev–Trinajstić information content (AvgIpc) is 3.43. The third kappa shape index (κ3) is 4.49. The van der Waals surface area contributed by atoms with Crippen molar-refractivity contribution in [2.45, 2.75) is 49.7 Å². The van der Waals surface area contributed by atoms with Crippen molar-refractivity contribution in [1.29, 1.82) is 0 Å². The number of halogens is 4. The first kappa shape index (κ1) is 23.7. The minimum atomic E-state index is -4.88. The van der Waals surface area contributed by atoms with Crippen LogP contribution in [0.3, 0.4) is 0 Å². The summed E-state index contributed by atoms with van der Waals surface area (Å²) < 4.78 is 52.8. The third-order valence-corrected chi connectivity index (χ3v) is 6.96. The highest BCUT2D eigenvalue weighted by Gasteiger charge is 2.63. The number of benzene rings is 2. The molecular weight excluding hydrogens is 450 g/mol. The summed E-state index contributed by atoms with van der Waals surface area (Å²) in [4.78, 5) is 29.0. The Bertz CT molecular complexity index is 1130. The summed E-state index contributed by atoms with van der Waals surface area (Å²) in [6.07, 6.45) is -0.964. The maximum atomic E-state index is 13.6. The fraction of sp³-hybridized carbons (Fsp3) is 0.400. The summed E-state index contributed by atoms with van der Waals surface area (Å²) in [5.74, 6) is -1.22. The lowest BCUT2D eigenvalue weighted by Crippen LogP contribution is -2.44. The first-order chi connectivity index (χ1) is 16.2. The molecule has 2 aliphatic carbocycles. The van der Waals surface area contributed by atoms with Crippen LogP contribution in [0.1, 0.15) is 43.2 Å². The van der Waals surface area contributed by atoms with Crippen LogP contribution >= 0.6 is 0 Å². The van der Waals surface area contributed by atoms with Crippen LogP contribution in [0.4, 0.5) is 33.7 Å². The smallest absolute Gasteiger partial charge is 0.321 e. The van der Waals surface area contributed by atoms with Crippen LogP contribution in [0.2, 0.25) is 0 Å². The van der Waals surface area contributed by atoms with E-state index in [-0.39, 0.29) is 36.0 Å². The Hall–Kier alpha value is -3.41. The summed E-state index contributed by atoms with van der Waals surface area (Å²) in [6.45, 7) is 7.40. The van der Waals surface area contributed by atoms with E-state index >= 15 is 0 Å². The molecule has 0 radical (unpaired) electrons. The highest BCUT2D eigenvalue weighted by Crippen LogP contribution is 2.65. The maximum absolute atomic E-state index is 13.6. The van der Waals surface area contributed by atoms with Crippen LogP contribution < -0.4 is 5.32 Å². The van der Waals surface area contributed by atoms with Gasteiger partial charge in [-0.15, -0.1) is 0 Å². The number of unbranched alkanes of at least 4 members (excludes halogenated alkanes) is 1. The van der Waals surface area contributed by atoms with Crippen molar-refractivity contribution in [2.24, 2.45) is 5.92 Å². The quantitative estimate of drug-likeness (QED) is 0.221. The number of hydrogen-bond acceptors (Lipinski definition) is 2. The van der Waals surface area contributed by atoms with Crippen LogP contribution in [0.25, 0.3) is 4.85 Å². The van der Waals surface area contributed by atoms with E-state index in [4.69, 9.17) is 6.57 Å². The monoisotopic (exact) mass is 473 g/mol. The summed E-state index contributed by atoms with van der Waals surface area (Å²) in [5, 5.41) is 2.49. The lowest BCUT2D eigenvalue weighted by atomic mass is 9.93. The van der Waals surface area contributed by atoms with Gasteiger partial charge in [0, 0.05) is 30.1 Å². The van der Waals surface area contributed by atoms with Gasteiger partial charge in [0.25, 0.3) is 0 Å². The van der Waals surface area contributed by atoms with E-state index in [1.165, 1.54) is 0 Å². The number of aldehydes is 1. The van der Waals surface area contributed by atoms with Crippen LogP contribution in [-0.2, 0) is 16.4 Å². The molecule has 2 saturated carbocycles. The fourth-order valence-electron chi connectivity index (χ4n) is 5.23. The molecule has 2 fully saturated rings. The number of amides is 2. The third-order valence-electron chi connectivity index (χ3n) is 6.96. The Morgan fingerprint density at radius 1 is 1.24 bits per heavy atom. The molecule has 0 spiro atoms. The maximum Gasteiger partial charge on any atom is 0.419 e. The van der Waals surface area contributed by atoms with E-state index < -0.39 is 23.6 Å². The van der Waals surface area contributed by atoms with Crippen molar-refractivity contribution in [3.8, 4) is 0 Å². The van der Waals surface area contributed by atoms with Gasteiger partial charge >= 0.3 is 12.2 Å². The molecule has 3 unspecified atom stereocenters. The molecule has 0 aromatic heterocycles. The molecular formula is C25H23F4N3O2. The van der Waals surface area contributed by atoms with Crippen molar-refractivity contribution in [2.75, 3.05) is 11.9 Å². The Kier molecular flexibility index (Phi) is 6.34. The van der Waals surface area contributed by atoms with E-state index in [1.54, 1.807) is 17.0 Å². The highest BCUT2D eigenvalue weighted by atomic mass is 19.4. The van der Waals surface area contributed by atoms with Crippen LogP contribution in [0.5, 0.6) is 0 Å². The number of fused-ring (bicyclic) bond motifs is 1. The van der Waals surface area contributed by atoms with Crippen molar-refractivity contribution in [3.63, 3.8) is 0 Å². The van der Waals surface area contributed by atoms with E-state index in [0.717, 1.165) is 37.2 Å². The number of carbonyl (C=O) groups is 2. The molecule has 2 aromatic rings. The molecule has 2 aliphatic rings. The van der Waals surface area contributed by atoms with Gasteiger partial charge in [0.05, 0.1) is 12.1 Å². The number of urea groups is 1. The number of anilines is 1. The first-order valence-electron chi connectivity index (χ1n) is 11.1. The zero-order chi connectivity index (χ0) is 24.5.